The van der Waals surface area contributed by atoms with Crippen LogP contribution in [0.1, 0.15) is 55.9 Å². The van der Waals surface area contributed by atoms with Crippen molar-refractivity contribution in [3.05, 3.63) is 76.6 Å². The van der Waals surface area contributed by atoms with Crippen molar-refractivity contribution in [1.29, 1.82) is 0 Å². The van der Waals surface area contributed by atoms with Gasteiger partial charge in [-0.25, -0.2) is 8.78 Å². The minimum Gasteiger partial charge on any atom is -0.350 e. The number of likely N-dealkylation sites (tertiary alicyclic amines) is 2. The Morgan fingerprint density at radius 3 is 2.62 bits per heavy atom. The molecule has 196 valence electrons. The third kappa shape index (κ3) is 4.48. The molecule has 2 aromatic carbocycles. The summed E-state index contributed by atoms with van der Waals surface area (Å²) in [6, 6.07) is 12.7. The summed E-state index contributed by atoms with van der Waals surface area (Å²) in [5, 5.41) is 2.88. The van der Waals surface area contributed by atoms with Crippen LogP contribution in [0.4, 0.5) is 8.78 Å². The number of hydrogen-bond donors (Lipinski definition) is 1. The molecule has 0 saturated carbocycles. The third-order valence-electron chi connectivity index (χ3n) is 8.86. The van der Waals surface area contributed by atoms with E-state index in [1.54, 1.807) is 11.0 Å². The first kappa shape index (κ1) is 25.6. The normalized spacial score (nSPS) is 29.1. The molecule has 1 spiro atoms. The number of nitrogens with one attached hydrogen (secondary N) is 1. The van der Waals surface area contributed by atoms with E-state index in [1.165, 1.54) is 24.1 Å². The Balaban J connectivity index is 1.29. The van der Waals surface area contributed by atoms with Crippen LogP contribution in [0.2, 0.25) is 0 Å². The van der Waals surface area contributed by atoms with E-state index in [1.807, 2.05) is 6.92 Å². The van der Waals surface area contributed by atoms with E-state index in [0.717, 1.165) is 25.6 Å². The van der Waals surface area contributed by atoms with Crippen molar-refractivity contribution in [2.24, 2.45) is 5.92 Å². The van der Waals surface area contributed by atoms with Crippen molar-refractivity contribution in [3.8, 4) is 0 Å². The van der Waals surface area contributed by atoms with Crippen molar-refractivity contribution in [1.82, 2.24) is 15.1 Å². The van der Waals surface area contributed by atoms with Gasteiger partial charge in [0.1, 0.15) is 18.0 Å². The number of benzene rings is 2. The van der Waals surface area contributed by atoms with Crippen LogP contribution in [0.5, 0.6) is 0 Å². The average molecular weight is 508 g/mol. The predicted octanol–water partition coefficient (Wildman–Crippen LogP) is 4.60. The highest BCUT2D eigenvalue weighted by atomic mass is 19.1. The second-order valence-electron chi connectivity index (χ2n) is 11.2. The average Bonchev–Trinajstić information content (AvgIpc) is 3.44. The van der Waals surface area contributed by atoms with Crippen LogP contribution in [0.3, 0.4) is 0 Å². The van der Waals surface area contributed by atoms with Crippen LogP contribution >= 0.6 is 0 Å². The molecule has 37 heavy (non-hydrogen) atoms. The highest BCUT2D eigenvalue weighted by molar-refractivity contribution is 5.91. The molecule has 3 aliphatic rings. The molecular weight excluding hydrogens is 472 g/mol. The third-order valence-corrected chi connectivity index (χ3v) is 8.86. The molecule has 0 bridgehead atoms. The van der Waals surface area contributed by atoms with Gasteiger partial charge in [-0.3, -0.25) is 14.5 Å². The molecule has 0 aromatic heterocycles. The van der Waals surface area contributed by atoms with E-state index in [-0.39, 0.29) is 35.4 Å². The molecule has 2 aromatic rings. The number of nitrogens with zero attached hydrogens (tertiary/aromatic N) is 2. The highest BCUT2D eigenvalue weighted by Gasteiger charge is 2.52. The molecule has 1 aliphatic carbocycles. The van der Waals surface area contributed by atoms with E-state index in [4.69, 9.17) is 0 Å². The number of carbonyl (C=O) groups excluding carboxylic acids is 2. The second kappa shape index (κ2) is 9.67. The van der Waals surface area contributed by atoms with Gasteiger partial charge in [0.05, 0.1) is 0 Å². The molecule has 2 heterocycles. The first-order chi connectivity index (χ1) is 17.7. The van der Waals surface area contributed by atoms with E-state index < -0.39 is 18.0 Å². The van der Waals surface area contributed by atoms with Crippen molar-refractivity contribution < 1.29 is 18.4 Å². The predicted molar refractivity (Wildman–Crippen MR) is 140 cm³/mol. The maximum Gasteiger partial charge on any atom is 0.246 e. The maximum absolute atomic E-state index is 13.8. The van der Waals surface area contributed by atoms with Gasteiger partial charge in [-0.1, -0.05) is 49.4 Å². The number of alkyl halides is 1. The molecule has 1 N–H and O–H groups in total. The molecule has 7 heteroatoms. The minimum atomic E-state index is -1.01. The van der Waals surface area contributed by atoms with Crippen molar-refractivity contribution >= 4 is 17.9 Å². The first-order valence-corrected chi connectivity index (χ1v) is 13.1. The lowest BCUT2D eigenvalue weighted by molar-refractivity contribution is -0.142. The van der Waals surface area contributed by atoms with E-state index in [2.05, 4.69) is 53.6 Å². The van der Waals surface area contributed by atoms with E-state index in [9.17, 15) is 18.4 Å². The summed E-state index contributed by atoms with van der Waals surface area (Å²) in [4.78, 5) is 30.2. The Morgan fingerprint density at radius 1 is 1.14 bits per heavy atom. The van der Waals surface area contributed by atoms with Gasteiger partial charge in [0.2, 0.25) is 11.8 Å². The Labute approximate surface area is 217 Å². The number of allylic oxidation sites excluding steroid dienone is 1. The fourth-order valence-corrected chi connectivity index (χ4v) is 6.81. The number of hydrogen-bond acceptors (Lipinski definition) is 3. The lowest BCUT2D eigenvalue weighted by Gasteiger charge is -2.46. The summed E-state index contributed by atoms with van der Waals surface area (Å²) in [7, 11) is 0. The summed E-state index contributed by atoms with van der Waals surface area (Å²) < 4.78 is 26.9. The Morgan fingerprint density at radius 2 is 1.89 bits per heavy atom. The zero-order valence-corrected chi connectivity index (χ0v) is 21.8. The second-order valence-corrected chi connectivity index (χ2v) is 11.2. The number of fused-ring (bicyclic) bond motifs is 2. The molecule has 2 fully saturated rings. The number of halogens is 2. The largest absolute Gasteiger partial charge is 0.350 e. The quantitative estimate of drug-likeness (QED) is 0.644. The Hall–Kier alpha value is -3.06. The van der Waals surface area contributed by atoms with Gasteiger partial charge in [0, 0.05) is 38.0 Å². The van der Waals surface area contributed by atoms with Gasteiger partial charge in [0.25, 0.3) is 0 Å². The monoisotopic (exact) mass is 507 g/mol. The van der Waals surface area contributed by atoms with Crippen LogP contribution in [0.25, 0.3) is 6.08 Å². The topological polar surface area (TPSA) is 52.7 Å². The molecule has 4 atom stereocenters. The zero-order chi connectivity index (χ0) is 26.4. The number of piperidine rings is 1. The molecule has 5 nitrogen and oxygen atoms in total. The van der Waals surface area contributed by atoms with Gasteiger partial charge >= 0.3 is 0 Å². The summed E-state index contributed by atoms with van der Waals surface area (Å²) in [6.07, 6.45) is 6.14. The smallest absolute Gasteiger partial charge is 0.246 e. The fraction of sp³-hybridized carbons (Fsp3) is 0.467. The SMILES string of the molecule is CC(=O)N1CC(N2CC[C@@]3(C=Cc4ccccc43)[C@@H](C)C2)CC1(C)C(=O)NCc1cc(F)cc(CF)c1. The van der Waals surface area contributed by atoms with Crippen molar-refractivity contribution in [3.63, 3.8) is 0 Å². The molecule has 2 unspecified atom stereocenters. The van der Waals surface area contributed by atoms with Crippen LogP contribution in [-0.2, 0) is 28.2 Å². The Bertz CT molecular complexity index is 1250. The van der Waals surface area contributed by atoms with Crippen LogP contribution < -0.4 is 5.32 Å². The van der Waals surface area contributed by atoms with Crippen molar-refractivity contribution in [2.45, 2.75) is 63.8 Å². The molecular formula is C30H35F2N3O2. The molecule has 2 amide bonds. The van der Waals surface area contributed by atoms with Gasteiger partial charge < -0.3 is 10.2 Å². The molecule has 2 saturated heterocycles. The van der Waals surface area contributed by atoms with E-state index in [0.29, 0.717) is 24.4 Å². The zero-order valence-electron chi connectivity index (χ0n) is 21.8. The lowest BCUT2D eigenvalue weighted by atomic mass is 9.68. The van der Waals surface area contributed by atoms with Gasteiger partial charge in [-0.15, -0.1) is 0 Å². The highest BCUT2D eigenvalue weighted by Crippen LogP contribution is 2.48. The molecule has 0 radical (unpaired) electrons. The van der Waals surface area contributed by atoms with Gasteiger partial charge in [0.15, 0.2) is 0 Å². The van der Waals surface area contributed by atoms with Gasteiger partial charge in [-0.05, 0) is 66.6 Å². The summed E-state index contributed by atoms with van der Waals surface area (Å²) in [6.45, 7) is 7.20. The van der Waals surface area contributed by atoms with E-state index >= 15 is 0 Å². The maximum atomic E-state index is 13.8. The summed E-state index contributed by atoms with van der Waals surface area (Å²) >= 11 is 0. The van der Waals surface area contributed by atoms with Crippen LogP contribution in [0, 0.1) is 11.7 Å². The fourth-order valence-electron chi connectivity index (χ4n) is 6.81. The van der Waals surface area contributed by atoms with Crippen molar-refractivity contribution in [2.75, 3.05) is 19.6 Å². The summed E-state index contributed by atoms with van der Waals surface area (Å²) in [5.74, 6) is -0.552. The molecule has 5 rings (SSSR count). The van der Waals surface area contributed by atoms with Crippen LogP contribution in [-0.4, -0.2) is 52.8 Å². The molecule has 2 aliphatic heterocycles. The summed E-state index contributed by atoms with van der Waals surface area (Å²) in [5.41, 5.74) is 2.46. The number of amides is 2. The van der Waals surface area contributed by atoms with Crippen LogP contribution in [0.15, 0.2) is 48.5 Å². The Kier molecular flexibility index (Phi) is 6.69. The minimum absolute atomic E-state index is 0.0378. The number of rotatable bonds is 5. The van der Waals surface area contributed by atoms with Gasteiger partial charge in [-0.2, -0.15) is 0 Å². The first-order valence-electron chi connectivity index (χ1n) is 13.1. The lowest BCUT2D eigenvalue weighted by Crippen LogP contribution is -2.54. The number of carbonyl (C=O) groups is 2. The standard InChI is InChI=1S/C30H35F2N3O2/c1-20-18-34(11-10-30(20)9-8-24-6-4-5-7-27(24)30)26-15-29(3,35(19-26)21(2)36)28(37)33-17-23-12-22(16-31)13-25(32)14-23/h4-9,12-14,20,26H,10-11,15-19H2,1-3H3,(H,33,37)/t20-,26?,29?,30-/m0/s1.